The minimum absolute atomic E-state index is 0.245. The maximum atomic E-state index is 14.9. The Morgan fingerprint density at radius 1 is 1.17 bits per heavy atom. The second-order valence-electron chi connectivity index (χ2n) is 9.09. The zero-order valence-corrected chi connectivity index (χ0v) is 19.9. The molecule has 3 aromatic rings. The first-order chi connectivity index (χ1) is 17.0. The number of piperazine rings is 1. The zero-order valence-electron chi connectivity index (χ0n) is 19.9. The van der Waals surface area contributed by atoms with Gasteiger partial charge in [-0.15, -0.1) is 0 Å². The van der Waals surface area contributed by atoms with Gasteiger partial charge >= 0.3 is 6.09 Å². The average molecular weight is 477 g/mol. The van der Waals surface area contributed by atoms with E-state index in [1.54, 1.807) is 18.2 Å². The van der Waals surface area contributed by atoms with Crippen LogP contribution in [-0.4, -0.2) is 53.7 Å². The molecule has 1 fully saturated rings. The summed E-state index contributed by atoms with van der Waals surface area (Å²) in [5.74, 6) is 0.234. The molecule has 2 heterocycles. The summed E-state index contributed by atoms with van der Waals surface area (Å²) in [6.45, 7) is 4.59. The number of carbonyl (C=O) groups excluding carboxylic acids is 1. The van der Waals surface area contributed by atoms with E-state index in [4.69, 9.17) is 4.74 Å². The predicted octanol–water partition coefficient (Wildman–Crippen LogP) is 4.74. The van der Waals surface area contributed by atoms with E-state index >= 15 is 0 Å². The molecule has 1 amide bonds. The van der Waals surface area contributed by atoms with Gasteiger partial charge in [-0.05, 0) is 62.2 Å². The van der Waals surface area contributed by atoms with E-state index in [1.165, 1.54) is 17.8 Å². The fraction of sp³-hybridized carbons (Fsp3) is 0.346. The minimum Gasteiger partial charge on any atom is -0.441 e. The van der Waals surface area contributed by atoms with Crippen LogP contribution in [0.3, 0.4) is 0 Å². The van der Waals surface area contributed by atoms with Crippen molar-refractivity contribution in [3.05, 3.63) is 71.7 Å². The molecule has 1 aromatic heterocycles. The molecule has 1 saturated heterocycles. The lowest BCUT2D eigenvalue weighted by atomic mass is 10.1. The lowest BCUT2D eigenvalue weighted by molar-refractivity contribution is 0.112. The fourth-order valence-corrected chi connectivity index (χ4v) is 4.63. The normalized spacial score (nSPS) is 19.8. The van der Waals surface area contributed by atoms with Crippen molar-refractivity contribution >= 4 is 29.2 Å². The van der Waals surface area contributed by atoms with E-state index in [1.807, 2.05) is 18.2 Å². The molecule has 0 radical (unpaired) electrons. The van der Waals surface area contributed by atoms with Crippen LogP contribution >= 0.6 is 0 Å². The van der Waals surface area contributed by atoms with Gasteiger partial charge in [-0.1, -0.05) is 24.3 Å². The summed E-state index contributed by atoms with van der Waals surface area (Å²) in [4.78, 5) is 25.3. The van der Waals surface area contributed by atoms with Crippen LogP contribution in [0, 0.1) is 5.82 Å². The quantitative estimate of drug-likeness (QED) is 0.551. The van der Waals surface area contributed by atoms with Gasteiger partial charge < -0.3 is 19.9 Å². The number of nitrogens with one attached hydrogen (secondary N) is 2. The number of aryl methyl sites for hydroxylation is 1. The molecule has 8 nitrogen and oxygen atoms in total. The predicted molar refractivity (Wildman–Crippen MR) is 134 cm³/mol. The molecular weight excluding hydrogens is 447 g/mol. The first kappa shape index (κ1) is 23.0. The Morgan fingerprint density at radius 3 is 2.86 bits per heavy atom. The molecule has 2 N–H and O–H groups in total. The summed E-state index contributed by atoms with van der Waals surface area (Å²) in [6, 6.07) is 14.9. The molecule has 5 rings (SSSR count). The number of nitrogens with zero attached hydrogens (tertiary/aromatic N) is 4. The third kappa shape index (κ3) is 5.19. The number of hydrogen-bond acceptors (Lipinski definition) is 7. The number of benzene rings is 2. The third-order valence-electron chi connectivity index (χ3n) is 6.72. The highest BCUT2D eigenvalue weighted by Crippen LogP contribution is 2.34. The first-order valence-corrected chi connectivity index (χ1v) is 11.9. The maximum absolute atomic E-state index is 14.9. The van der Waals surface area contributed by atoms with Crippen LogP contribution in [0.1, 0.15) is 30.6 Å². The van der Waals surface area contributed by atoms with Gasteiger partial charge in [0.05, 0.1) is 5.69 Å². The number of anilines is 4. The lowest BCUT2D eigenvalue weighted by Crippen LogP contribution is -2.50. The van der Waals surface area contributed by atoms with Crippen molar-refractivity contribution in [2.45, 2.75) is 31.9 Å². The van der Waals surface area contributed by atoms with Crippen LogP contribution in [0.15, 0.2) is 54.7 Å². The monoisotopic (exact) mass is 476 g/mol. The topological polar surface area (TPSA) is 82.6 Å². The molecule has 9 heteroatoms. The summed E-state index contributed by atoms with van der Waals surface area (Å²) in [6.07, 6.45) is 2.33. The molecule has 1 aliphatic carbocycles. The van der Waals surface area contributed by atoms with Gasteiger partial charge in [-0.25, -0.2) is 14.2 Å². The Morgan fingerprint density at radius 2 is 2.03 bits per heavy atom. The van der Waals surface area contributed by atoms with Crippen molar-refractivity contribution in [2.24, 2.45) is 0 Å². The van der Waals surface area contributed by atoms with Gasteiger partial charge in [0.15, 0.2) is 0 Å². The zero-order chi connectivity index (χ0) is 24.4. The summed E-state index contributed by atoms with van der Waals surface area (Å²) in [7, 11) is 2.09. The van der Waals surface area contributed by atoms with Gasteiger partial charge in [0.1, 0.15) is 17.7 Å². The van der Waals surface area contributed by atoms with Gasteiger partial charge in [0.2, 0.25) is 5.95 Å². The standard InChI is InChI=1S/C26H29FN6O2/c1-17-16-33(14-13-32(17)2)22-9-8-19(15-21(22)27)29-25-28-12-11-24(30-25)31-26(34)35-23-10-7-18-5-3-4-6-20(18)23/h3-6,8-9,11-12,15,17,23H,7,10,13-14,16H2,1-2H3,(H2,28,29,30,31,34). The Balaban J connectivity index is 1.21. The van der Waals surface area contributed by atoms with E-state index in [0.29, 0.717) is 23.2 Å². The number of aromatic nitrogens is 2. The van der Waals surface area contributed by atoms with Gasteiger partial charge in [-0.3, -0.25) is 5.32 Å². The van der Waals surface area contributed by atoms with Crippen LogP contribution < -0.4 is 15.5 Å². The van der Waals surface area contributed by atoms with Crippen molar-refractivity contribution in [1.29, 1.82) is 0 Å². The largest absolute Gasteiger partial charge is 0.441 e. The Kier molecular flexibility index (Phi) is 6.50. The van der Waals surface area contributed by atoms with Crippen molar-refractivity contribution < 1.29 is 13.9 Å². The molecule has 182 valence electrons. The van der Waals surface area contributed by atoms with Crippen LogP contribution in [0.2, 0.25) is 0 Å². The molecule has 2 aliphatic rings. The highest BCUT2D eigenvalue weighted by molar-refractivity contribution is 5.83. The summed E-state index contributed by atoms with van der Waals surface area (Å²) in [5, 5.41) is 5.67. The number of hydrogen-bond donors (Lipinski definition) is 2. The lowest BCUT2D eigenvalue weighted by Gasteiger charge is -2.39. The van der Waals surface area contributed by atoms with E-state index in [-0.39, 0.29) is 17.9 Å². The van der Waals surface area contributed by atoms with E-state index < -0.39 is 6.09 Å². The number of ether oxygens (including phenoxy) is 1. The smallest absolute Gasteiger partial charge is 0.413 e. The number of carbonyl (C=O) groups is 1. The van der Waals surface area contributed by atoms with Gasteiger partial charge in [0, 0.05) is 37.6 Å². The number of rotatable bonds is 5. The number of fused-ring (bicyclic) bond motifs is 1. The molecule has 2 unspecified atom stereocenters. The minimum atomic E-state index is -0.576. The number of amides is 1. The van der Waals surface area contributed by atoms with Crippen LogP contribution in [0.4, 0.5) is 32.3 Å². The molecule has 0 saturated carbocycles. The van der Waals surface area contributed by atoms with Gasteiger partial charge in [0.25, 0.3) is 0 Å². The molecule has 2 atom stereocenters. The molecule has 2 aromatic carbocycles. The van der Waals surface area contributed by atoms with Crippen molar-refractivity contribution in [3.8, 4) is 0 Å². The molecule has 0 bridgehead atoms. The molecular formula is C26H29FN6O2. The van der Waals surface area contributed by atoms with Crippen LogP contribution in [0.25, 0.3) is 0 Å². The third-order valence-corrected chi connectivity index (χ3v) is 6.72. The summed E-state index contributed by atoms with van der Waals surface area (Å²) in [5.41, 5.74) is 3.36. The van der Waals surface area contributed by atoms with Crippen molar-refractivity contribution in [2.75, 3.05) is 42.2 Å². The second-order valence-corrected chi connectivity index (χ2v) is 9.09. The van der Waals surface area contributed by atoms with E-state index in [2.05, 4.69) is 50.4 Å². The summed E-state index contributed by atoms with van der Waals surface area (Å²) >= 11 is 0. The van der Waals surface area contributed by atoms with Crippen molar-refractivity contribution in [3.63, 3.8) is 0 Å². The highest BCUT2D eigenvalue weighted by Gasteiger charge is 2.26. The summed E-state index contributed by atoms with van der Waals surface area (Å²) < 4.78 is 20.5. The maximum Gasteiger partial charge on any atom is 0.413 e. The molecule has 1 aliphatic heterocycles. The highest BCUT2D eigenvalue weighted by atomic mass is 19.1. The Bertz CT molecular complexity index is 1220. The number of halogens is 1. The fourth-order valence-electron chi connectivity index (χ4n) is 4.63. The van der Waals surface area contributed by atoms with Gasteiger partial charge in [-0.2, -0.15) is 4.98 Å². The van der Waals surface area contributed by atoms with E-state index in [0.717, 1.165) is 38.0 Å². The van der Waals surface area contributed by atoms with Crippen LogP contribution in [-0.2, 0) is 11.2 Å². The number of likely N-dealkylation sites (N-methyl/N-ethyl adjacent to an activating group) is 1. The average Bonchev–Trinajstić information content (AvgIpc) is 3.24. The van der Waals surface area contributed by atoms with Crippen molar-refractivity contribution in [1.82, 2.24) is 14.9 Å². The Labute approximate surface area is 204 Å². The second kappa shape index (κ2) is 9.87. The van der Waals surface area contributed by atoms with E-state index in [9.17, 15) is 9.18 Å². The van der Waals surface area contributed by atoms with Crippen LogP contribution in [0.5, 0.6) is 0 Å². The molecule has 0 spiro atoms. The Hall–Kier alpha value is -3.72. The first-order valence-electron chi connectivity index (χ1n) is 11.9. The molecule has 35 heavy (non-hydrogen) atoms. The SMILES string of the molecule is CC1CN(c2ccc(Nc3nccc(NC(=O)OC4CCc5ccccc54)n3)cc2F)CCN1C.